The molecule has 4 heteroatoms. The minimum Gasteiger partial charge on any atom is -0.455 e. The number of para-hydroxylation sites is 5. The molecular formula is C84H55N3O. The molecule has 0 fully saturated rings. The molecule has 0 amide bonds. The molecule has 0 N–H and O–H groups in total. The summed E-state index contributed by atoms with van der Waals surface area (Å²) in [5.41, 5.74) is 25.8. The van der Waals surface area contributed by atoms with Crippen LogP contribution in [0.4, 0.5) is 17.1 Å². The van der Waals surface area contributed by atoms with Gasteiger partial charge in [0.2, 0.25) is 0 Å². The van der Waals surface area contributed by atoms with Crippen LogP contribution < -0.4 is 4.90 Å². The average Bonchev–Trinajstić information content (AvgIpc) is 1.79. The smallest absolute Gasteiger partial charge is 0.143 e. The summed E-state index contributed by atoms with van der Waals surface area (Å²) in [5.74, 6) is 0. The molecule has 0 spiro atoms. The zero-order valence-corrected chi connectivity index (χ0v) is 48.0. The van der Waals surface area contributed by atoms with E-state index in [1.165, 1.54) is 71.4 Å². The van der Waals surface area contributed by atoms with Crippen molar-refractivity contribution in [1.82, 2.24) is 9.13 Å². The van der Waals surface area contributed by atoms with E-state index in [9.17, 15) is 0 Å². The van der Waals surface area contributed by atoms with Crippen molar-refractivity contribution in [2.45, 2.75) is 0 Å². The van der Waals surface area contributed by atoms with Crippen LogP contribution in [0, 0.1) is 0 Å². The molecule has 0 bridgehead atoms. The Kier molecular flexibility index (Phi) is 12.2. The van der Waals surface area contributed by atoms with Crippen LogP contribution >= 0.6 is 0 Å². The Morgan fingerprint density at radius 3 is 1.14 bits per heavy atom. The lowest BCUT2D eigenvalue weighted by Gasteiger charge is -2.26. The zero-order chi connectivity index (χ0) is 58.1. The van der Waals surface area contributed by atoms with E-state index in [1.807, 2.05) is 12.1 Å². The van der Waals surface area contributed by atoms with Crippen molar-refractivity contribution in [3.8, 4) is 78.1 Å². The third kappa shape index (κ3) is 8.69. The van der Waals surface area contributed by atoms with Gasteiger partial charge in [0.05, 0.1) is 22.1 Å². The number of benzene rings is 14. The Morgan fingerprint density at radius 1 is 0.227 bits per heavy atom. The maximum absolute atomic E-state index is 6.50. The summed E-state index contributed by atoms with van der Waals surface area (Å²) in [4.78, 5) is 2.37. The quantitative estimate of drug-likeness (QED) is 0.129. The van der Waals surface area contributed by atoms with Gasteiger partial charge in [-0.3, -0.25) is 0 Å². The van der Waals surface area contributed by atoms with Crippen molar-refractivity contribution in [3.05, 3.63) is 334 Å². The number of furan rings is 1. The first-order valence-corrected chi connectivity index (χ1v) is 30.1. The second-order valence-electron chi connectivity index (χ2n) is 22.8. The van der Waals surface area contributed by atoms with E-state index >= 15 is 0 Å². The number of nitrogens with zero attached hydrogens (tertiary/aromatic N) is 3. The van der Waals surface area contributed by atoms with Gasteiger partial charge in [-0.05, 0) is 158 Å². The third-order valence-electron chi connectivity index (χ3n) is 17.7. The van der Waals surface area contributed by atoms with E-state index in [0.717, 1.165) is 89.3 Å². The molecule has 4 nitrogen and oxygen atoms in total. The number of hydrogen-bond donors (Lipinski definition) is 0. The standard InChI is InChI=1S/C84H55N3O/c1-3-18-56(19-4-1)60-20-13-23-63(52-60)64-24-14-21-61(53-64)57-38-44-68(45-39-57)85(69-46-40-58(41-47-69)62-22-15-26-66(54-62)72-33-17-34-78-75-32-9-12-37-81(75)88-84(72)78)70-48-42-59(43-49-70)65-25-16-29-71(55-65)87-80-36-11-8-31-74(80)77-51-50-76-73-30-7-10-35-79(73)86(82(76)83(77)87)67-27-5-2-6-28-67/h1-55H. The fourth-order valence-electron chi connectivity index (χ4n) is 13.5. The van der Waals surface area contributed by atoms with Gasteiger partial charge in [-0.25, -0.2) is 0 Å². The first-order chi connectivity index (χ1) is 43.6. The maximum Gasteiger partial charge on any atom is 0.143 e. The van der Waals surface area contributed by atoms with Gasteiger partial charge in [-0.2, -0.15) is 0 Å². The van der Waals surface area contributed by atoms with E-state index in [1.54, 1.807) is 0 Å². The van der Waals surface area contributed by atoms with Gasteiger partial charge >= 0.3 is 0 Å². The number of hydrogen-bond acceptors (Lipinski definition) is 2. The van der Waals surface area contributed by atoms with Gasteiger partial charge in [0, 0.05) is 66.3 Å². The van der Waals surface area contributed by atoms with E-state index in [0.29, 0.717) is 0 Å². The Labute approximate surface area is 509 Å². The summed E-state index contributed by atoms with van der Waals surface area (Å²) in [6.07, 6.45) is 0. The normalized spacial score (nSPS) is 11.6. The SMILES string of the molecule is c1ccc(-c2cccc(-c3cccc(-c4ccc(N(c5ccc(-c6cccc(-c7cccc8c7oc7ccccc78)c6)cc5)c5ccc(-c6cccc(-n7c8ccccc8c8ccc9c%10ccccc%10n(-c%10ccccc%10)c9c87)c6)cc5)cc4)c3)c2)cc1. The topological polar surface area (TPSA) is 26.2 Å². The molecule has 0 aliphatic carbocycles. The average molecular weight is 1120 g/mol. The van der Waals surface area contributed by atoms with Crippen LogP contribution in [0.3, 0.4) is 0 Å². The predicted octanol–water partition coefficient (Wildman–Crippen LogP) is 23.3. The molecule has 17 aromatic rings. The highest BCUT2D eigenvalue weighted by molar-refractivity contribution is 6.24. The fourth-order valence-corrected chi connectivity index (χ4v) is 13.5. The summed E-state index contributed by atoms with van der Waals surface area (Å²) in [5, 5.41) is 7.17. The molecule has 88 heavy (non-hydrogen) atoms. The molecule has 17 rings (SSSR count). The molecule has 0 saturated heterocycles. The Balaban J connectivity index is 0.746. The number of fused-ring (bicyclic) bond motifs is 10. The lowest BCUT2D eigenvalue weighted by molar-refractivity contribution is 0.670. The Bertz CT molecular complexity index is 5480. The van der Waals surface area contributed by atoms with Gasteiger partial charge in [0.25, 0.3) is 0 Å². The summed E-state index contributed by atoms with van der Waals surface area (Å²) in [6.45, 7) is 0. The predicted molar refractivity (Wildman–Crippen MR) is 370 cm³/mol. The van der Waals surface area contributed by atoms with Gasteiger partial charge < -0.3 is 18.5 Å². The van der Waals surface area contributed by atoms with Crippen molar-refractivity contribution >= 4 is 82.6 Å². The minimum absolute atomic E-state index is 0.899. The second kappa shape index (κ2) is 21.1. The molecule has 412 valence electrons. The van der Waals surface area contributed by atoms with E-state index in [4.69, 9.17) is 4.42 Å². The van der Waals surface area contributed by atoms with Crippen LogP contribution in [0.25, 0.3) is 144 Å². The Hall–Kier alpha value is -11.7. The second-order valence-corrected chi connectivity index (χ2v) is 22.8. The lowest BCUT2D eigenvalue weighted by atomic mass is 9.96. The van der Waals surface area contributed by atoms with E-state index in [-0.39, 0.29) is 0 Å². The molecule has 0 unspecified atom stereocenters. The largest absolute Gasteiger partial charge is 0.455 e. The van der Waals surface area contributed by atoms with Gasteiger partial charge in [0.15, 0.2) is 0 Å². The highest BCUT2D eigenvalue weighted by Crippen LogP contribution is 2.44. The van der Waals surface area contributed by atoms with Crippen molar-refractivity contribution in [3.63, 3.8) is 0 Å². The van der Waals surface area contributed by atoms with Crippen molar-refractivity contribution in [1.29, 1.82) is 0 Å². The Morgan fingerprint density at radius 2 is 0.591 bits per heavy atom. The molecule has 3 aromatic heterocycles. The van der Waals surface area contributed by atoms with Gasteiger partial charge in [0.1, 0.15) is 11.2 Å². The molecule has 0 aliphatic heterocycles. The van der Waals surface area contributed by atoms with Crippen LogP contribution in [-0.4, -0.2) is 9.13 Å². The monoisotopic (exact) mass is 1120 g/mol. The van der Waals surface area contributed by atoms with Gasteiger partial charge in [-0.1, -0.05) is 237 Å². The fraction of sp³-hybridized carbons (Fsp3) is 0. The summed E-state index contributed by atoms with van der Waals surface area (Å²) < 4.78 is 11.4. The summed E-state index contributed by atoms with van der Waals surface area (Å²) in [7, 11) is 0. The zero-order valence-electron chi connectivity index (χ0n) is 48.0. The van der Waals surface area contributed by atoms with Crippen LogP contribution in [0.5, 0.6) is 0 Å². The lowest BCUT2D eigenvalue weighted by Crippen LogP contribution is -2.09. The maximum atomic E-state index is 6.50. The van der Waals surface area contributed by atoms with E-state index < -0.39 is 0 Å². The van der Waals surface area contributed by atoms with Crippen molar-refractivity contribution in [2.75, 3.05) is 4.90 Å². The molecular weight excluding hydrogens is 1070 g/mol. The molecule has 0 saturated carbocycles. The highest BCUT2D eigenvalue weighted by atomic mass is 16.3. The third-order valence-corrected chi connectivity index (χ3v) is 17.7. The van der Waals surface area contributed by atoms with Crippen LogP contribution in [0.15, 0.2) is 338 Å². The first-order valence-electron chi connectivity index (χ1n) is 30.1. The van der Waals surface area contributed by atoms with E-state index in [2.05, 4.69) is 336 Å². The molecule has 3 heterocycles. The van der Waals surface area contributed by atoms with Crippen molar-refractivity contribution < 1.29 is 4.42 Å². The van der Waals surface area contributed by atoms with Crippen molar-refractivity contribution in [2.24, 2.45) is 0 Å². The highest BCUT2D eigenvalue weighted by Gasteiger charge is 2.22. The minimum atomic E-state index is 0.899. The first kappa shape index (κ1) is 50.8. The summed E-state index contributed by atoms with van der Waals surface area (Å²) in [6, 6.07) is 121. The van der Waals surface area contributed by atoms with Crippen LogP contribution in [-0.2, 0) is 0 Å². The molecule has 0 aliphatic rings. The summed E-state index contributed by atoms with van der Waals surface area (Å²) >= 11 is 0. The van der Waals surface area contributed by atoms with Crippen LogP contribution in [0.1, 0.15) is 0 Å². The molecule has 0 atom stereocenters. The molecule has 0 radical (unpaired) electrons. The van der Waals surface area contributed by atoms with Gasteiger partial charge in [-0.15, -0.1) is 0 Å². The number of anilines is 3. The number of aromatic nitrogens is 2. The number of rotatable bonds is 11. The molecule has 14 aromatic carbocycles. The van der Waals surface area contributed by atoms with Crippen LogP contribution in [0.2, 0.25) is 0 Å².